The Morgan fingerprint density at radius 1 is 1.30 bits per heavy atom. The maximum Gasteiger partial charge on any atom is 0.321 e. The number of anilines is 1. The molecule has 3 amide bonds. The highest BCUT2D eigenvalue weighted by molar-refractivity contribution is 7.13. The lowest BCUT2D eigenvalue weighted by molar-refractivity contribution is -0.120. The summed E-state index contributed by atoms with van der Waals surface area (Å²) in [7, 11) is 0. The van der Waals surface area contributed by atoms with Crippen molar-refractivity contribution in [3.63, 3.8) is 0 Å². The molecule has 0 saturated heterocycles. The van der Waals surface area contributed by atoms with Crippen LogP contribution in [0, 0.1) is 0 Å². The average molecular weight is 338 g/mol. The molecule has 0 spiro atoms. The molecule has 6 nitrogen and oxygen atoms in total. The lowest BCUT2D eigenvalue weighted by Crippen LogP contribution is -2.39. The summed E-state index contributed by atoms with van der Waals surface area (Å²) in [5.41, 5.74) is 0.692. The predicted molar refractivity (Wildman–Crippen MR) is 92.8 cm³/mol. The van der Waals surface area contributed by atoms with Crippen LogP contribution in [-0.2, 0) is 11.2 Å². The second kappa shape index (κ2) is 9.50. The summed E-state index contributed by atoms with van der Waals surface area (Å²) in [6, 6.07) is 0.0673. The first-order chi connectivity index (χ1) is 11.2. The van der Waals surface area contributed by atoms with Crippen molar-refractivity contribution < 1.29 is 9.59 Å². The van der Waals surface area contributed by atoms with Gasteiger partial charge in [0.25, 0.3) is 0 Å². The Labute approximate surface area is 141 Å². The van der Waals surface area contributed by atoms with Crippen molar-refractivity contribution >= 4 is 28.4 Å². The number of rotatable bonds is 7. The molecule has 7 heteroatoms. The number of carbonyl (C=O) groups excluding carboxylic acids is 2. The number of thiazole rings is 1. The molecule has 1 aliphatic rings. The molecule has 128 valence electrons. The van der Waals surface area contributed by atoms with Crippen LogP contribution in [0.1, 0.15) is 57.6 Å². The first-order valence-corrected chi connectivity index (χ1v) is 9.34. The first kappa shape index (κ1) is 17.7. The van der Waals surface area contributed by atoms with Crippen LogP contribution in [0.4, 0.5) is 9.93 Å². The Hall–Kier alpha value is -1.63. The van der Waals surface area contributed by atoms with Crippen molar-refractivity contribution in [3.05, 3.63) is 11.1 Å². The fraction of sp³-hybridized carbons (Fsp3) is 0.688. The molecular weight excluding hydrogens is 312 g/mol. The summed E-state index contributed by atoms with van der Waals surface area (Å²) in [6.45, 7) is 2.79. The van der Waals surface area contributed by atoms with E-state index in [1.54, 1.807) is 0 Å². The highest BCUT2D eigenvalue weighted by atomic mass is 32.1. The molecular formula is C16H26N4O2S. The number of amides is 3. The quantitative estimate of drug-likeness (QED) is 0.668. The van der Waals surface area contributed by atoms with Crippen LogP contribution in [0.5, 0.6) is 0 Å². The van der Waals surface area contributed by atoms with Crippen molar-refractivity contribution in [3.8, 4) is 0 Å². The van der Waals surface area contributed by atoms with E-state index in [1.807, 2.05) is 5.38 Å². The summed E-state index contributed by atoms with van der Waals surface area (Å²) in [5, 5.41) is 11.0. The molecule has 1 heterocycles. The molecule has 1 fully saturated rings. The number of hydrogen-bond acceptors (Lipinski definition) is 4. The van der Waals surface area contributed by atoms with E-state index in [0.717, 1.165) is 25.7 Å². The normalized spacial score (nSPS) is 15.2. The third-order valence-corrected chi connectivity index (χ3v) is 4.71. The van der Waals surface area contributed by atoms with Gasteiger partial charge in [-0.15, -0.1) is 11.3 Å². The van der Waals surface area contributed by atoms with Crippen LogP contribution in [-0.4, -0.2) is 29.5 Å². The topological polar surface area (TPSA) is 83.1 Å². The van der Waals surface area contributed by atoms with Gasteiger partial charge in [0.15, 0.2) is 5.13 Å². The van der Waals surface area contributed by atoms with Crippen LogP contribution >= 0.6 is 11.3 Å². The fourth-order valence-corrected chi connectivity index (χ4v) is 3.35. The van der Waals surface area contributed by atoms with E-state index in [-0.39, 0.29) is 24.4 Å². The maximum atomic E-state index is 12.0. The van der Waals surface area contributed by atoms with E-state index in [4.69, 9.17) is 0 Å². The van der Waals surface area contributed by atoms with Gasteiger partial charge in [-0.3, -0.25) is 10.1 Å². The molecule has 1 aromatic heterocycles. The Morgan fingerprint density at radius 2 is 2.09 bits per heavy atom. The van der Waals surface area contributed by atoms with Crippen molar-refractivity contribution in [1.29, 1.82) is 0 Å². The standard InChI is InChI=1S/C16H26N4O2S/c1-2-3-9-17-14(21)10-13-11-23-16(19-13)20-15(22)18-12-7-5-4-6-8-12/h11-12H,2-10H2,1H3,(H,17,21)(H2,18,19,20,22). The lowest BCUT2D eigenvalue weighted by Gasteiger charge is -2.22. The van der Waals surface area contributed by atoms with Crippen LogP contribution in [0.15, 0.2) is 5.38 Å². The molecule has 1 saturated carbocycles. The summed E-state index contributed by atoms with van der Waals surface area (Å²) < 4.78 is 0. The Kier molecular flexibility index (Phi) is 7.32. The smallest absolute Gasteiger partial charge is 0.321 e. The molecule has 1 aliphatic carbocycles. The van der Waals surface area contributed by atoms with E-state index in [2.05, 4.69) is 27.9 Å². The van der Waals surface area contributed by atoms with Gasteiger partial charge >= 0.3 is 6.03 Å². The molecule has 0 radical (unpaired) electrons. The predicted octanol–water partition coefficient (Wildman–Crippen LogP) is 3.06. The summed E-state index contributed by atoms with van der Waals surface area (Å²) >= 11 is 1.35. The summed E-state index contributed by atoms with van der Waals surface area (Å²) in [6.07, 6.45) is 8.02. The van der Waals surface area contributed by atoms with Gasteiger partial charge in [0.2, 0.25) is 5.91 Å². The fourth-order valence-electron chi connectivity index (χ4n) is 2.64. The largest absolute Gasteiger partial charge is 0.356 e. The minimum Gasteiger partial charge on any atom is -0.356 e. The third kappa shape index (κ3) is 6.56. The van der Waals surface area contributed by atoms with Gasteiger partial charge in [-0.1, -0.05) is 32.6 Å². The van der Waals surface area contributed by atoms with Crippen molar-refractivity contribution in [1.82, 2.24) is 15.6 Å². The van der Waals surface area contributed by atoms with Gasteiger partial charge in [0.1, 0.15) is 0 Å². The zero-order valence-corrected chi connectivity index (χ0v) is 14.5. The van der Waals surface area contributed by atoms with E-state index in [9.17, 15) is 9.59 Å². The number of nitrogens with zero attached hydrogens (tertiary/aromatic N) is 1. The van der Waals surface area contributed by atoms with E-state index in [0.29, 0.717) is 17.4 Å². The van der Waals surface area contributed by atoms with Gasteiger partial charge in [-0.05, 0) is 19.3 Å². The molecule has 0 bridgehead atoms. The molecule has 0 aliphatic heterocycles. The Morgan fingerprint density at radius 3 is 2.83 bits per heavy atom. The number of carbonyl (C=O) groups is 2. The van der Waals surface area contributed by atoms with Crippen molar-refractivity contribution in [2.45, 2.75) is 64.3 Å². The minimum absolute atomic E-state index is 0.0260. The minimum atomic E-state index is -0.204. The van der Waals surface area contributed by atoms with Gasteiger partial charge in [0, 0.05) is 18.0 Å². The van der Waals surface area contributed by atoms with E-state index in [1.165, 1.54) is 30.6 Å². The van der Waals surface area contributed by atoms with E-state index >= 15 is 0 Å². The molecule has 0 unspecified atom stereocenters. The number of hydrogen-bond donors (Lipinski definition) is 3. The summed E-state index contributed by atoms with van der Waals surface area (Å²) in [4.78, 5) is 28.0. The van der Waals surface area contributed by atoms with Crippen molar-refractivity contribution in [2.75, 3.05) is 11.9 Å². The monoisotopic (exact) mass is 338 g/mol. The molecule has 0 atom stereocenters. The number of aromatic nitrogens is 1. The van der Waals surface area contributed by atoms with Crippen LogP contribution < -0.4 is 16.0 Å². The highest BCUT2D eigenvalue weighted by Gasteiger charge is 2.16. The second-order valence-electron chi connectivity index (χ2n) is 5.96. The van der Waals surface area contributed by atoms with Crippen LogP contribution in [0.25, 0.3) is 0 Å². The second-order valence-corrected chi connectivity index (χ2v) is 6.82. The number of urea groups is 1. The van der Waals surface area contributed by atoms with Gasteiger partial charge < -0.3 is 10.6 Å². The van der Waals surface area contributed by atoms with Gasteiger partial charge in [0.05, 0.1) is 12.1 Å². The third-order valence-electron chi connectivity index (χ3n) is 3.91. The average Bonchev–Trinajstić information content (AvgIpc) is 2.95. The molecule has 0 aromatic carbocycles. The van der Waals surface area contributed by atoms with Crippen molar-refractivity contribution in [2.24, 2.45) is 0 Å². The Bertz CT molecular complexity index is 512. The maximum absolute atomic E-state index is 12.0. The van der Waals surface area contributed by atoms with Gasteiger partial charge in [-0.2, -0.15) is 0 Å². The zero-order chi connectivity index (χ0) is 16.5. The Balaban J connectivity index is 1.73. The number of unbranched alkanes of at least 4 members (excludes halogenated alkanes) is 1. The lowest BCUT2D eigenvalue weighted by atomic mass is 9.96. The van der Waals surface area contributed by atoms with Gasteiger partial charge in [-0.25, -0.2) is 9.78 Å². The molecule has 1 aromatic rings. The zero-order valence-electron chi connectivity index (χ0n) is 13.7. The van der Waals surface area contributed by atoms with Crippen LogP contribution in [0.2, 0.25) is 0 Å². The molecule has 23 heavy (non-hydrogen) atoms. The highest BCUT2D eigenvalue weighted by Crippen LogP contribution is 2.18. The molecule has 3 N–H and O–H groups in total. The van der Waals surface area contributed by atoms with Crippen LogP contribution in [0.3, 0.4) is 0 Å². The number of nitrogens with one attached hydrogen (secondary N) is 3. The molecule has 2 rings (SSSR count). The van der Waals surface area contributed by atoms with E-state index < -0.39 is 0 Å². The first-order valence-electron chi connectivity index (χ1n) is 8.46. The SMILES string of the molecule is CCCCNC(=O)Cc1csc(NC(=O)NC2CCCCC2)n1. The summed E-state index contributed by atoms with van der Waals surface area (Å²) in [5.74, 6) is -0.0260.